The summed E-state index contributed by atoms with van der Waals surface area (Å²) in [5, 5.41) is 3.34. The molecule has 1 aromatic carbocycles. The van der Waals surface area contributed by atoms with Crippen molar-refractivity contribution in [2.75, 3.05) is 26.7 Å². The molecule has 1 fully saturated rings. The Morgan fingerprint density at radius 2 is 2.24 bits per heavy atom. The molecule has 1 amide bonds. The molecule has 4 nitrogen and oxygen atoms in total. The number of para-hydroxylation sites is 1. The van der Waals surface area contributed by atoms with Gasteiger partial charge in [-0.3, -0.25) is 4.79 Å². The molecule has 0 saturated carbocycles. The number of methoxy groups -OCH3 is 1. The van der Waals surface area contributed by atoms with E-state index in [0.29, 0.717) is 12.5 Å². The summed E-state index contributed by atoms with van der Waals surface area (Å²) >= 11 is 0. The molecule has 116 valence electrons. The van der Waals surface area contributed by atoms with E-state index in [9.17, 15) is 4.79 Å². The predicted octanol–water partition coefficient (Wildman–Crippen LogP) is 2.23. The van der Waals surface area contributed by atoms with E-state index in [0.717, 1.165) is 50.2 Å². The van der Waals surface area contributed by atoms with Crippen LogP contribution in [-0.4, -0.2) is 43.6 Å². The van der Waals surface area contributed by atoms with Gasteiger partial charge in [-0.2, -0.15) is 0 Å². The van der Waals surface area contributed by atoms with Gasteiger partial charge in [-0.05, 0) is 37.4 Å². The van der Waals surface area contributed by atoms with Gasteiger partial charge in [0.25, 0.3) is 0 Å². The van der Waals surface area contributed by atoms with Crippen molar-refractivity contribution < 1.29 is 9.53 Å². The SMILES string of the molecule is CCCN(C(=O)CCc1ccccc1OC)C1CCNC1. The van der Waals surface area contributed by atoms with Gasteiger partial charge in [0.2, 0.25) is 5.91 Å². The molecule has 1 aliphatic rings. The van der Waals surface area contributed by atoms with Crippen molar-refractivity contribution in [3.63, 3.8) is 0 Å². The van der Waals surface area contributed by atoms with Crippen LogP contribution in [0.25, 0.3) is 0 Å². The number of benzene rings is 1. The van der Waals surface area contributed by atoms with Crippen LogP contribution in [0.3, 0.4) is 0 Å². The molecule has 1 aliphatic heterocycles. The second-order valence-electron chi connectivity index (χ2n) is 5.55. The first-order valence-electron chi connectivity index (χ1n) is 7.88. The van der Waals surface area contributed by atoms with E-state index in [1.54, 1.807) is 7.11 Å². The van der Waals surface area contributed by atoms with Crippen molar-refractivity contribution in [1.29, 1.82) is 0 Å². The van der Waals surface area contributed by atoms with Crippen LogP contribution in [-0.2, 0) is 11.2 Å². The first kappa shape index (κ1) is 15.8. The molecule has 4 heteroatoms. The summed E-state index contributed by atoms with van der Waals surface area (Å²) < 4.78 is 5.35. The summed E-state index contributed by atoms with van der Waals surface area (Å²) in [4.78, 5) is 14.6. The van der Waals surface area contributed by atoms with Crippen LogP contribution in [0.15, 0.2) is 24.3 Å². The molecular formula is C17H26N2O2. The van der Waals surface area contributed by atoms with Gasteiger partial charge in [-0.1, -0.05) is 25.1 Å². The van der Waals surface area contributed by atoms with E-state index in [2.05, 4.69) is 17.1 Å². The number of nitrogens with one attached hydrogen (secondary N) is 1. The number of rotatable bonds is 7. The van der Waals surface area contributed by atoms with Crippen LogP contribution >= 0.6 is 0 Å². The molecule has 1 aromatic rings. The number of hydrogen-bond acceptors (Lipinski definition) is 3. The molecule has 1 N–H and O–H groups in total. The Balaban J connectivity index is 1.95. The lowest BCUT2D eigenvalue weighted by atomic mass is 10.1. The van der Waals surface area contributed by atoms with Gasteiger partial charge >= 0.3 is 0 Å². The minimum atomic E-state index is 0.261. The Morgan fingerprint density at radius 3 is 2.90 bits per heavy atom. The molecule has 1 atom stereocenters. The first-order valence-corrected chi connectivity index (χ1v) is 7.88. The Bertz CT molecular complexity index is 456. The van der Waals surface area contributed by atoms with Crippen LogP contribution in [0.2, 0.25) is 0 Å². The number of carbonyl (C=O) groups is 1. The van der Waals surface area contributed by atoms with Gasteiger partial charge in [0.15, 0.2) is 0 Å². The van der Waals surface area contributed by atoms with Gasteiger partial charge < -0.3 is 15.0 Å². The number of hydrogen-bond donors (Lipinski definition) is 1. The quantitative estimate of drug-likeness (QED) is 0.837. The molecular weight excluding hydrogens is 264 g/mol. The highest BCUT2D eigenvalue weighted by atomic mass is 16.5. The molecule has 1 saturated heterocycles. The molecule has 0 spiro atoms. The Morgan fingerprint density at radius 1 is 1.43 bits per heavy atom. The molecule has 2 rings (SSSR count). The van der Waals surface area contributed by atoms with Gasteiger partial charge in [0.1, 0.15) is 5.75 Å². The third-order valence-electron chi connectivity index (χ3n) is 4.06. The summed E-state index contributed by atoms with van der Waals surface area (Å²) in [7, 11) is 1.67. The van der Waals surface area contributed by atoms with Crippen molar-refractivity contribution >= 4 is 5.91 Å². The first-order chi connectivity index (χ1) is 10.3. The number of aryl methyl sites for hydroxylation is 1. The second-order valence-corrected chi connectivity index (χ2v) is 5.55. The van der Waals surface area contributed by atoms with E-state index in [4.69, 9.17) is 4.74 Å². The normalized spacial score (nSPS) is 17.7. The number of nitrogens with zero attached hydrogens (tertiary/aromatic N) is 1. The molecule has 0 aliphatic carbocycles. The highest BCUT2D eigenvalue weighted by Crippen LogP contribution is 2.20. The number of ether oxygens (including phenoxy) is 1. The summed E-state index contributed by atoms with van der Waals surface area (Å²) in [5.41, 5.74) is 1.11. The lowest BCUT2D eigenvalue weighted by Gasteiger charge is -2.28. The minimum absolute atomic E-state index is 0.261. The third kappa shape index (κ3) is 4.21. The van der Waals surface area contributed by atoms with Crippen LogP contribution in [0.1, 0.15) is 31.7 Å². The van der Waals surface area contributed by atoms with Crippen LogP contribution in [0, 0.1) is 0 Å². The van der Waals surface area contributed by atoms with Crippen molar-refractivity contribution in [3.8, 4) is 5.75 Å². The van der Waals surface area contributed by atoms with Crippen molar-refractivity contribution in [2.45, 2.75) is 38.6 Å². The highest BCUT2D eigenvalue weighted by molar-refractivity contribution is 5.77. The van der Waals surface area contributed by atoms with E-state index < -0.39 is 0 Å². The van der Waals surface area contributed by atoms with Crippen molar-refractivity contribution in [3.05, 3.63) is 29.8 Å². The lowest BCUT2D eigenvalue weighted by molar-refractivity contribution is -0.133. The van der Waals surface area contributed by atoms with Gasteiger partial charge in [-0.15, -0.1) is 0 Å². The zero-order chi connectivity index (χ0) is 15.1. The molecule has 0 radical (unpaired) electrons. The summed E-state index contributed by atoms with van der Waals surface area (Å²) in [6, 6.07) is 8.30. The second kappa shape index (κ2) is 8.03. The van der Waals surface area contributed by atoms with Crippen molar-refractivity contribution in [2.24, 2.45) is 0 Å². The maximum atomic E-state index is 12.6. The van der Waals surface area contributed by atoms with Crippen LogP contribution in [0.5, 0.6) is 5.75 Å². The fraction of sp³-hybridized carbons (Fsp3) is 0.588. The van der Waals surface area contributed by atoms with Gasteiger partial charge in [0.05, 0.1) is 7.11 Å². The average molecular weight is 290 g/mol. The molecule has 1 heterocycles. The molecule has 21 heavy (non-hydrogen) atoms. The Hall–Kier alpha value is -1.55. The lowest BCUT2D eigenvalue weighted by Crippen LogP contribution is -2.42. The van der Waals surface area contributed by atoms with E-state index in [1.165, 1.54) is 0 Å². The topological polar surface area (TPSA) is 41.6 Å². The summed E-state index contributed by atoms with van der Waals surface area (Å²) in [6.07, 6.45) is 3.37. The Labute approximate surface area is 127 Å². The standard InChI is InChI=1S/C17H26N2O2/c1-3-12-19(15-10-11-18-13-15)17(20)9-8-14-6-4-5-7-16(14)21-2/h4-7,15,18H,3,8-13H2,1-2H3. The van der Waals surface area contributed by atoms with E-state index in [-0.39, 0.29) is 5.91 Å². The fourth-order valence-electron chi connectivity index (χ4n) is 2.95. The van der Waals surface area contributed by atoms with Crippen LogP contribution < -0.4 is 10.1 Å². The smallest absolute Gasteiger partial charge is 0.223 e. The Kier molecular flexibility index (Phi) is 6.05. The minimum Gasteiger partial charge on any atom is -0.496 e. The summed E-state index contributed by atoms with van der Waals surface area (Å²) in [6.45, 7) is 4.94. The fourth-order valence-corrected chi connectivity index (χ4v) is 2.95. The van der Waals surface area contributed by atoms with Gasteiger partial charge in [0, 0.05) is 25.6 Å². The van der Waals surface area contributed by atoms with E-state index in [1.807, 2.05) is 24.3 Å². The molecule has 0 aromatic heterocycles. The zero-order valence-corrected chi connectivity index (χ0v) is 13.1. The third-order valence-corrected chi connectivity index (χ3v) is 4.06. The van der Waals surface area contributed by atoms with Crippen molar-refractivity contribution in [1.82, 2.24) is 10.2 Å². The molecule has 0 bridgehead atoms. The predicted molar refractivity (Wildman–Crippen MR) is 84.6 cm³/mol. The maximum absolute atomic E-state index is 12.6. The highest BCUT2D eigenvalue weighted by Gasteiger charge is 2.25. The number of carbonyl (C=O) groups excluding carboxylic acids is 1. The van der Waals surface area contributed by atoms with E-state index >= 15 is 0 Å². The van der Waals surface area contributed by atoms with Crippen LogP contribution in [0.4, 0.5) is 0 Å². The monoisotopic (exact) mass is 290 g/mol. The average Bonchev–Trinajstić information content (AvgIpc) is 3.04. The maximum Gasteiger partial charge on any atom is 0.223 e. The van der Waals surface area contributed by atoms with Gasteiger partial charge in [-0.25, -0.2) is 0 Å². The number of amides is 1. The zero-order valence-electron chi connectivity index (χ0n) is 13.1. The largest absolute Gasteiger partial charge is 0.496 e. The summed E-state index contributed by atoms with van der Waals surface area (Å²) in [5.74, 6) is 1.13. The molecule has 1 unspecified atom stereocenters.